The van der Waals surface area contributed by atoms with Gasteiger partial charge >= 0.3 is 17.4 Å². The predicted molar refractivity (Wildman–Crippen MR) is 50.7 cm³/mol. The number of esters is 1. The van der Waals surface area contributed by atoms with Gasteiger partial charge in [0.05, 0.1) is 5.56 Å². The third-order valence-electron chi connectivity index (χ3n) is 1.99. The van der Waals surface area contributed by atoms with E-state index in [1.807, 2.05) is 0 Å². The molecule has 0 amide bonds. The Morgan fingerprint density at radius 3 is 2.20 bits per heavy atom. The van der Waals surface area contributed by atoms with Gasteiger partial charge in [-0.2, -0.15) is 22.0 Å². The fraction of sp³-hybridized carbons (Fsp3) is 0.375. The van der Waals surface area contributed by atoms with Gasteiger partial charge in [0, 0.05) is 12.4 Å². The first kappa shape index (κ1) is 16.4. The van der Waals surface area contributed by atoms with Crippen LogP contribution in [0.25, 0.3) is 0 Å². The zero-order chi connectivity index (χ0) is 15.8. The van der Waals surface area contributed by atoms with Crippen LogP contribution in [0.4, 0.5) is 22.0 Å². The summed E-state index contributed by atoms with van der Waals surface area (Å²) in [6.07, 6.45) is -8.44. The topological polar surface area (TPSA) is 99.3 Å². The van der Waals surface area contributed by atoms with Gasteiger partial charge in [-0.3, -0.25) is 0 Å². The van der Waals surface area contributed by atoms with E-state index in [-0.39, 0.29) is 0 Å². The van der Waals surface area contributed by atoms with Crippen LogP contribution in [-0.2, 0) is 14.9 Å². The molecule has 0 aliphatic rings. The molecular weight excluding hydrogens is 317 g/mol. The normalized spacial score (nSPS) is 14.9. The summed E-state index contributed by atoms with van der Waals surface area (Å²) in [5.41, 5.74) is -0.557. The number of carbonyl (C=O) groups excluding carboxylic acids is 1. The van der Waals surface area contributed by atoms with Gasteiger partial charge in [-0.05, 0) is 6.07 Å². The van der Waals surface area contributed by atoms with Gasteiger partial charge in [0.15, 0.2) is 10.1 Å². The molecule has 1 aromatic rings. The minimum Gasteiger partial charge on any atom is -0.743 e. The van der Waals surface area contributed by atoms with Crippen molar-refractivity contribution in [3.8, 4) is 0 Å². The minimum absolute atomic E-state index is 0.557. The predicted octanol–water partition coefficient (Wildman–Crippen LogP) is 1.24. The maximum Gasteiger partial charge on any atom is 0.432 e. The smallest absolute Gasteiger partial charge is 0.432 e. The number of carbonyl (C=O) groups is 1. The molecule has 1 N–H and O–H groups in total. The number of halogens is 5. The highest BCUT2D eigenvalue weighted by Gasteiger charge is 2.63. The van der Waals surface area contributed by atoms with Gasteiger partial charge in [-0.25, -0.2) is 13.2 Å². The van der Waals surface area contributed by atoms with Crippen LogP contribution in [0.15, 0.2) is 18.5 Å². The number of ether oxygens (including phenoxy) is 1. The standard InChI is InChI=1S/C8H6F5NO5S/c9-7(10,11)6(8(12,13)20(16,17)18)19-5(15)4-1-2-14-3-4/h1-3,6,14H,(H,16,17,18)/p-1. The molecule has 1 aromatic heterocycles. The Balaban J connectivity index is 3.13. The molecule has 20 heavy (non-hydrogen) atoms. The average molecular weight is 322 g/mol. The number of hydrogen-bond donors (Lipinski definition) is 1. The molecule has 1 atom stereocenters. The summed E-state index contributed by atoms with van der Waals surface area (Å²) in [6.45, 7) is 0. The molecule has 0 bridgehead atoms. The summed E-state index contributed by atoms with van der Waals surface area (Å²) < 4.78 is 97.2. The lowest BCUT2D eigenvalue weighted by Crippen LogP contribution is -2.52. The number of H-pyrrole nitrogens is 1. The highest BCUT2D eigenvalue weighted by atomic mass is 32.2. The molecule has 114 valence electrons. The largest absolute Gasteiger partial charge is 0.743 e. The second kappa shape index (κ2) is 5.01. The molecule has 0 aromatic carbocycles. The molecule has 0 saturated heterocycles. The van der Waals surface area contributed by atoms with Crippen molar-refractivity contribution in [2.75, 3.05) is 0 Å². The SMILES string of the molecule is O=C(OC(C(F)(F)F)C(F)(F)S(=O)(=O)[O-])c1cc[nH]c1. The summed E-state index contributed by atoms with van der Waals surface area (Å²) >= 11 is 0. The summed E-state index contributed by atoms with van der Waals surface area (Å²) in [5.74, 6) is -1.86. The summed E-state index contributed by atoms with van der Waals surface area (Å²) in [6, 6.07) is 0.902. The van der Waals surface area contributed by atoms with Gasteiger partial charge in [-0.15, -0.1) is 0 Å². The summed E-state index contributed by atoms with van der Waals surface area (Å²) in [7, 11) is -6.69. The zero-order valence-electron chi connectivity index (χ0n) is 9.15. The molecule has 0 saturated carbocycles. The first-order valence-corrected chi connectivity index (χ1v) is 6.02. The second-order valence-corrected chi connectivity index (χ2v) is 4.90. The number of nitrogens with one attached hydrogen (secondary N) is 1. The van der Waals surface area contributed by atoms with Crippen LogP contribution in [0, 0.1) is 0 Å². The number of hydrogen-bond acceptors (Lipinski definition) is 5. The maximum atomic E-state index is 13.0. The Bertz CT molecular complexity index is 579. The minimum atomic E-state index is -6.69. The molecule has 6 nitrogen and oxygen atoms in total. The molecule has 12 heteroatoms. The first-order chi connectivity index (χ1) is 8.87. The van der Waals surface area contributed by atoms with E-state index in [1.54, 1.807) is 0 Å². The van der Waals surface area contributed by atoms with E-state index in [2.05, 4.69) is 9.72 Å². The number of alkyl halides is 5. The van der Waals surface area contributed by atoms with E-state index < -0.39 is 39.2 Å². The molecule has 0 spiro atoms. The second-order valence-electron chi connectivity index (χ2n) is 3.44. The highest BCUT2D eigenvalue weighted by Crippen LogP contribution is 2.38. The van der Waals surface area contributed by atoms with Gasteiger partial charge in [0.25, 0.3) is 6.10 Å². The van der Waals surface area contributed by atoms with Crippen LogP contribution in [0.5, 0.6) is 0 Å². The molecule has 0 fully saturated rings. The lowest BCUT2D eigenvalue weighted by atomic mass is 10.3. The molecule has 1 unspecified atom stereocenters. The van der Waals surface area contributed by atoms with Crippen molar-refractivity contribution in [3.05, 3.63) is 24.0 Å². The molecule has 0 aliphatic heterocycles. The third kappa shape index (κ3) is 3.25. The van der Waals surface area contributed by atoms with Crippen molar-refractivity contribution < 1.29 is 44.5 Å². The average Bonchev–Trinajstić information content (AvgIpc) is 2.75. The number of aromatic nitrogens is 1. The Hall–Kier alpha value is -1.69. The summed E-state index contributed by atoms with van der Waals surface area (Å²) in [5, 5.41) is -5.85. The van der Waals surface area contributed by atoms with Crippen molar-refractivity contribution in [1.29, 1.82) is 0 Å². The molecule has 1 rings (SSSR count). The van der Waals surface area contributed by atoms with E-state index >= 15 is 0 Å². The van der Waals surface area contributed by atoms with Crippen LogP contribution in [0.2, 0.25) is 0 Å². The van der Waals surface area contributed by atoms with E-state index in [0.29, 0.717) is 0 Å². The van der Waals surface area contributed by atoms with Gasteiger partial charge in [0.1, 0.15) is 0 Å². The van der Waals surface area contributed by atoms with E-state index in [9.17, 15) is 39.7 Å². The third-order valence-corrected chi connectivity index (χ3v) is 2.88. The van der Waals surface area contributed by atoms with Crippen molar-refractivity contribution in [3.63, 3.8) is 0 Å². The van der Waals surface area contributed by atoms with Gasteiger partial charge < -0.3 is 14.3 Å². The van der Waals surface area contributed by atoms with Crippen LogP contribution < -0.4 is 0 Å². The lowest BCUT2D eigenvalue weighted by Gasteiger charge is -2.29. The Kier molecular flexibility index (Phi) is 4.10. The van der Waals surface area contributed by atoms with Gasteiger partial charge in [0.2, 0.25) is 0 Å². The summed E-state index contributed by atoms with van der Waals surface area (Å²) in [4.78, 5) is 13.4. The quantitative estimate of drug-likeness (QED) is 0.511. The van der Waals surface area contributed by atoms with Crippen LogP contribution in [0.3, 0.4) is 0 Å². The first-order valence-electron chi connectivity index (χ1n) is 4.61. The molecule has 0 aliphatic carbocycles. The fourth-order valence-electron chi connectivity index (χ4n) is 1.08. The monoisotopic (exact) mass is 322 g/mol. The fourth-order valence-corrected chi connectivity index (χ4v) is 1.53. The van der Waals surface area contributed by atoms with Crippen LogP contribution in [0.1, 0.15) is 10.4 Å². The van der Waals surface area contributed by atoms with Gasteiger partial charge in [-0.1, -0.05) is 0 Å². The lowest BCUT2D eigenvalue weighted by molar-refractivity contribution is -0.248. The van der Waals surface area contributed by atoms with E-state index in [0.717, 1.165) is 18.5 Å². The van der Waals surface area contributed by atoms with Crippen molar-refractivity contribution in [1.82, 2.24) is 4.98 Å². The van der Waals surface area contributed by atoms with Crippen molar-refractivity contribution >= 4 is 16.1 Å². The number of rotatable bonds is 4. The molecule has 0 radical (unpaired) electrons. The van der Waals surface area contributed by atoms with E-state index in [4.69, 9.17) is 0 Å². The van der Waals surface area contributed by atoms with Crippen LogP contribution in [-0.4, -0.2) is 41.5 Å². The van der Waals surface area contributed by atoms with Crippen LogP contribution >= 0.6 is 0 Å². The van der Waals surface area contributed by atoms with Crippen molar-refractivity contribution in [2.24, 2.45) is 0 Å². The number of aromatic amines is 1. The van der Waals surface area contributed by atoms with Crippen molar-refractivity contribution in [2.45, 2.75) is 17.5 Å². The Morgan fingerprint density at radius 1 is 1.30 bits per heavy atom. The Morgan fingerprint density at radius 2 is 1.85 bits per heavy atom. The highest BCUT2D eigenvalue weighted by molar-refractivity contribution is 7.86. The maximum absolute atomic E-state index is 13.0. The zero-order valence-corrected chi connectivity index (χ0v) is 9.97. The van der Waals surface area contributed by atoms with E-state index in [1.165, 1.54) is 0 Å². The molecular formula is C8H5F5NO5S-. The molecule has 1 heterocycles. The Labute approximate surface area is 108 Å².